The van der Waals surface area contributed by atoms with Crippen molar-refractivity contribution >= 4 is 64.6 Å². The second-order valence-electron chi connectivity index (χ2n) is 18.0. The standard InChI is InChI=1S/C51H34.C17H14/c1-33-39-19-6-11-26-48(39)51(38-18-12-17-35(30-38)42-27-13-16-34-14-2-4-20-41(34)42)50-32-37(28-29-40(33)50)44-22-7-8-24-46(44)49-31-36-15-3-5-21-43(36)45-23-9-10-25-47(45)49;1-13-6-4-9-15(12-13)17-11-5-8-14-7-2-3-10-16(14)17/h2-32H,1H3;2-12H,1H3. The van der Waals surface area contributed by atoms with Crippen molar-refractivity contribution in [3.63, 3.8) is 0 Å². The van der Waals surface area contributed by atoms with Crippen molar-refractivity contribution in [1.29, 1.82) is 0 Å². The van der Waals surface area contributed by atoms with Crippen molar-refractivity contribution in [1.82, 2.24) is 0 Å². The molecule has 68 heavy (non-hydrogen) atoms. The summed E-state index contributed by atoms with van der Waals surface area (Å²) in [5, 5.41) is 15.4. The van der Waals surface area contributed by atoms with Crippen LogP contribution in [0.2, 0.25) is 0 Å². The van der Waals surface area contributed by atoms with E-state index in [1.54, 1.807) is 0 Å². The summed E-state index contributed by atoms with van der Waals surface area (Å²) >= 11 is 0. The summed E-state index contributed by atoms with van der Waals surface area (Å²) in [6, 6.07) is 93.0. The molecule has 0 aliphatic carbocycles. The van der Waals surface area contributed by atoms with E-state index in [0.29, 0.717) is 0 Å². The zero-order chi connectivity index (χ0) is 45.6. The first kappa shape index (κ1) is 40.9. The zero-order valence-corrected chi connectivity index (χ0v) is 38.2. The predicted molar refractivity (Wildman–Crippen MR) is 295 cm³/mol. The van der Waals surface area contributed by atoms with Crippen molar-refractivity contribution in [3.8, 4) is 55.6 Å². The topological polar surface area (TPSA) is 0 Å². The largest absolute Gasteiger partial charge is 0.0616 e. The lowest BCUT2D eigenvalue weighted by Crippen LogP contribution is -1.92. The van der Waals surface area contributed by atoms with E-state index in [0.717, 1.165) is 0 Å². The van der Waals surface area contributed by atoms with Crippen molar-refractivity contribution < 1.29 is 0 Å². The van der Waals surface area contributed by atoms with Crippen molar-refractivity contribution in [3.05, 3.63) is 266 Å². The number of hydrogen-bond donors (Lipinski definition) is 0. The summed E-state index contributed by atoms with van der Waals surface area (Å²) in [7, 11) is 0. The molecule has 320 valence electrons. The molecule has 0 aliphatic rings. The predicted octanol–water partition coefficient (Wildman–Crippen LogP) is 19.2. The summed E-state index contributed by atoms with van der Waals surface area (Å²) in [4.78, 5) is 0. The molecule has 0 N–H and O–H groups in total. The molecule has 0 heteroatoms. The van der Waals surface area contributed by atoms with E-state index in [1.807, 2.05) is 0 Å². The van der Waals surface area contributed by atoms with E-state index >= 15 is 0 Å². The normalized spacial score (nSPS) is 11.4. The molecule has 0 aromatic heterocycles. The van der Waals surface area contributed by atoms with Crippen LogP contribution in [0.5, 0.6) is 0 Å². The van der Waals surface area contributed by atoms with Crippen LogP contribution in [0.15, 0.2) is 255 Å². The van der Waals surface area contributed by atoms with Crippen LogP contribution < -0.4 is 0 Å². The van der Waals surface area contributed by atoms with Crippen molar-refractivity contribution in [2.24, 2.45) is 0 Å². The van der Waals surface area contributed by atoms with Crippen LogP contribution in [0.4, 0.5) is 0 Å². The quantitative estimate of drug-likeness (QED) is 0.119. The first-order chi connectivity index (χ1) is 33.6. The number of aryl methyl sites for hydroxylation is 2. The monoisotopic (exact) mass is 864 g/mol. The molecule has 0 saturated heterocycles. The van der Waals surface area contributed by atoms with Gasteiger partial charge in [-0.15, -0.1) is 0 Å². The van der Waals surface area contributed by atoms with Crippen LogP contribution in [-0.2, 0) is 0 Å². The van der Waals surface area contributed by atoms with Gasteiger partial charge in [0.15, 0.2) is 0 Å². The third-order valence-corrected chi connectivity index (χ3v) is 14.0. The van der Waals surface area contributed by atoms with Crippen LogP contribution in [0.25, 0.3) is 120 Å². The van der Waals surface area contributed by atoms with Gasteiger partial charge in [0.2, 0.25) is 0 Å². The molecule has 0 heterocycles. The minimum Gasteiger partial charge on any atom is -0.0616 e. The molecular weight excluding hydrogens is 817 g/mol. The molecule has 13 rings (SSSR count). The Kier molecular flexibility index (Phi) is 10.4. The van der Waals surface area contributed by atoms with Gasteiger partial charge in [-0.2, -0.15) is 0 Å². The zero-order valence-electron chi connectivity index (χ0n) is 38.2. The number of fused-ring (bicyclic) bond motifs is 7. The lowest BCUT2D eigenvalue weighted by Gasteiger charge is -2.19. The smallest absolute Gasteiger partial charge is 0.00262 e. The summed E-state index contributed by atoms with van der Waals surface area (Å²) in [5.41, 5.74) is 15.2. The SMILES string of the molecule is Cc1c2ccccc2c(-c2cccc(-c3cccc4ccccc34)c2)c2cc(-c3ccccc3-c3cc4ccccc4c4ccccc34)ccc12.Cc1cccc(-c2cccc3ccccc23)c1. The van der Waals surface area contributed by atoms with Gasteiger partial charge in [0.25, 0.3) is 0 Å². The van der Waals surface area contributed by atoms with Gasteiger partial charge < -0.3 is 0 Å². The molecule has 0 saturated carbocycles. The highest BCUT2D eigenvalue weighted by Gasteiger charge is 2.18. The number of benzene rings is 13. The second-order valence-corrected chi connectivity index (χ2v) is 18.0. The molecule has 0 fully saturated rings. The van der Waals surface area contributed by atoms with Gasteiger partial charge in [-0.3, -0.25) is 0 Å². The van der Waals surface area contributed by atoms with Crippen molar-refractivity contribution in [2.45, 2.75) is 13.8 Å². The fraction of sp³-hybridized carbons (Fsp3) is 0.0294. The van der Waals surface area contributed by atoms with Crippen molar-refractivity contribution in [2.75, 3.05) is 0 Å². The van der Waals surface area contributed by atoms with Gasteiger partial charge in [0.05, 0.1) is 0 Å². The van der Waals surface area contributed by atoms with Gasteiger partial charge in [-0.25, -0.2) is 0 Å². The Morgan fingerprint density at radius 2 is 0.662 bits per heavy atom. The first-order valence-corrected chi connectivity index (χ1v) is 23.7. The fourth-order valence-corrected chi connectivity index (χ4v) is 10.7. The van der Waals surface area contributed by atoms with Gasteiger partial charge in [0, 0.05) is 0 Å². The Bertz CT molecular complexity index is 4050. The molecule has 0 atom stereocenters. The Hall–Kier alpha value is -8.58. The van der Waals surface area contributed by atoms with E-state index in [9.17, 15) is 0 Å². The highest BCUT2D eigenvalue weighted by Crippen LogP contribution is 2.45. The van der Waals surface area contributed by atoms with E-state index < -0.39 is 0 Å². The minimum absolute atomic E-state index is 1.22. The Morgan fingerprint density at radius 3 is 1.35 bits per heavy atom. The highest BCUT2D eigenvalue weighted by molar-refractivity contribution is 6.18. The van der Waals surface area contributed by atoms with E-state index in [4.69, 9.17) is 0 Å². The highest BCUT2D eigenvalue weighted by atomic mass is 14.2. The van der Waals surface area contributed by atoms with Gasteiger partial charge in [0.1, 0.15) is 0 Å². The second kappa shape index (κ2) is 17.3. The third kappa shape index (κ3) is 7.28. The van der Waals surface area contributed by atoms with E-state index in [1.165, 1.54) is 131 Å². The van der Waals surface area contributed by atoms with Crippen LogP contribution in [0.1, 0.15) is 11.1 Å². The van der Waals surface area contributed by atoms with Gasteiger partial charge >= 0.3 is 0 Å². The lowest BCUT2D eigenvalue weighted by molar-refractivity contribution is 1.47. The van der Waals surface area contributed by atoms with Gasteiger partial charge in [-0.1, -0.05) is 242 Å². The molecule has 0 spiro atoms. The minimum atomic E-state index is 1.22. The molecule has 13 aromatic rings. The molecule has 0 amide bonds. The summed E-state index contributed by atoms with van der Waals surface area (Å²) < 4.78 is 0. The maximum Gasteiger partial charge on any atom is -0.00262 e. The Balaban J connectivity index is 0.000000237. The summed E-state index contributed by atoms with van der Waals surface area (Å²) in [5.74, 6) is 0. The molecule has 0 nitrogen and oxygen atoms in total. The molecule has 0 radical (unpaired) electrons. The van der Waals surface area contributed by atoms with E-state index in [2.05, 4.69) is 269 Å². The van der Waals surface area contributed by atoms with Crippen LogP contribution in [0.3, 0.4) is 0 Å². The van der Waals surface area contributed by atoms with Crippen LogP contribution in [-0.4, -0.2) is 0 Å². The Morgan fingerprint density at radius 1 is 0.206 bits per heavy atom. The van der Waals surface area contributed by atoms with Gasteiger partial charge in [-0.05, 0) is 158 Å². The van der Waals surface area contributed by atoms with Crippen LogP contribution >= 0.6 is 0 Å². The summed E-state index contributed by atoms with van der Waals surface area (Å²) in [6.07, 6.45) is 0. The number of hydrogen-bond acceptors (Lipinski definition) is 0. The molecule has 0 aliphatic heterocycles. The maximum absolute atomic E-state index is 2.44. The Labute approximate surface area is 398 Å². The molecule has 0 bridgehead atoms. The average Bonchev–Trinajstić information content (AvgIpc) is 3.40. The lowest BCUT2D eigenvalue weighted by atomic mass is 9.85. The average molecular weight is 865 g/mol. The molecule has 13 aromatic carbocycles. The van der Waals surface area contributed by atoms with Crippen LogP contribution in [0, 0.1) is 13.8 Å². The fourth-order valence-electron chi connectivity index (χ4n) is 10.7. The molecular formula is C68H48. The first-order valence-electron chi connectivity index (χ1n) is 23.7. The van der Waals surface area contributed by atoms with E-state index in [-0.39, 0.29) is 0 Å². The third-order valence-electron chi connectivity index (χ3n) is 14.0. The summed E-state index contributed by atoms with van der Waals surface area (Å²) in [6.45, 7) is 4.41. The molecule has 0 unspecified atom stereocenters. The maximum atomic E-state index is 2.44. The number of rotatable bonds is 5.